The molecule has 0 bridgehead atoms. The first kappa shape index (κ1) is 11.5. The van der Waals surface area contributed by atoms with Crippen molar-refractivity contribution >= 4 is 23.6 Å². The van der Waals surface area contributed by atoms with Crippen LogP contribution >= 0.6 is 0 Å². The average molecular weight is 236 g/mol. The number of likely N-dealkylation sites (tertiary alicyclic amines) is 1. The second-order valence-electron chi connectivity index (χ2n) is 4.13. The molecule has 4 amide bonds. The van der Waals surface area contributed by atoms with E-state index < -0.39 is 17.9 Å². The van der Waals surface area contributed by atoms with Crippen LogP contribution in [0, 0.1) is 0 Å². The summed E-state index contributed by atoms with van der Waals surface area (Å²) in [5.41, 5.74) is 0. The van der Waals surface area contributed by atoms with Gasteiger partial charge in [0, 0.05) is 31.5 Å². The molecule has 0 aromatic rings. The van der Waals surface area contributed by atoms with E-state index in [-0.39, 0.29) is 31.2 Å². The van der Waals surface area contributed by atoms with Crippen LogP contribution in [-0.4, -0.2) is 46.0 Å². The molecule has 17 heavy (non-hydrogen) atoms. The smallest absolute Gasteiger partial charge is 0.253 e. The predicted molar refractivity (Wildman–Crippen MR) is 56.4 cm³/mol. The molecule has 2 aliphatic rings. The number of carbonyl (C=O) groups excluding carboxylic acids is 4. The zero-order chi connectivity index (χ0) is 12.6. The number of amides is 4. The van der Waals surface area contributed by atoms with E-state index in [0.717, 1.165) is 9.80 Å². The van der Waals surface area contributed by atoms with E-state index in [0.29, 0.717) is 0 Å². The van der Waals surface area contributed by atoms with E-state index in [9.17, 15) is 19.2 Å². The van der Waals surface area contributed by atoms with Crippen LogP contribution in [0.3, 0.4) is 0 Å². The summed E-state index contributed by atoms with van der Waals surface area (Å²) in [6, 6.07) is -0.490. The molecule has 0 N–H and O–H groups in total. The highest BCUT2D eigenvalue weighted by Crippen LogP contribution is 2.16. The molecule has 2 rings (SSSR count). The molecule has 0 saturated carbocycles. The van der Waals surface area contributed by atoms with Crippen molar-refractivity contribution in [3.63, 3.8) is 0 Å². The van der Waals surface area contributed by atoms with Crippen molar-refractivity contribution in [2.75, 3.05) is 6.54 Å². The summed E-state index contributed by atoms with van der Waals surface area (Å²) < 4.78 is 0. The second kappa shape index (κ2) is 4.12. The quantitative estimate of drug-likeness (QED) is 0.616. The Morgan fingerprint density at radius 2 is 1.53 bits per heavy atom. The number of nitrogens with zero attached hydrogens (tertiary/aromatic N) is 2. The van der Waals surface area contributed by atoms with Gasteiger partial charge in [-0.05, 0) is 6.92 Å². The van der Waals surface area contributed by atoms with Crippen molar-refractivity contribution in [3.8, 4) is 0 Å². The predicted octanol–water partition coefficient (Wildman–Crippen LogP) is -0.551. The van der Waals surface area contributed by atoms with Gasteiger partial charge in [-0.2, -0.15) is 0 Å². The molecule has 0 aromatic carbocycles. The van der Waals surface area contributed by atoms with Crippen molar-refractivity contribution in [1.29, 1.82) is 0 Å². The van der Waals surface area contributed by atoms with Crippen LogP contribution in [0.25, 0.3) is 0 Å². The summed E-state index contributed by atoms with van der Waals surface area (Å²) in [6.07, 6.45) is 2.80. The normalized spacial score (nSPS) is 21.9. The van der Waals surface area contributed by atoms with Crippen LogP contribution in [0.4, 0.5) is 0 Å². The Hall–Kier alpha value is -1.98. The Morgan fingerprint density at radius 3 is 2.00 bits per heavy atom. The summed E-state index contributed by atoms with van der Waals surface area (Å²) >= 11 is 0. The first-order valence-electron chi connectivity index (χ1n) is 5.39. The lowest BCUT2D eigenvalue weighted by atomic mass is 10.2. The van der Waals surface area contributed by atoms with Gasteiger partial charge in [0.05, 0.1) is 6.04 Å². The molecule has 90 valence electrons. The summed E-state index contributed by atoms with van der Waals surface area (Å²) in [5, 5.41) is 0. The first-order valence-corrected chi connectivity index (χ1v) is 5.39. The Morgan fingerprint density at radius 1 is 1.06 bits per heavy atom. The molecule has 6 nitrogen and oxygen atoms in total. The Bertz CT molecular complexity index is 407. The minimum absolute atomic E-state index is 0.0802. The molecule has 1 saturated heterocycles. The fraction of sp³-hybridized carbons (Fsp3) is 0.455. The molecule has 0 spiro atoms. The summed E-state index contributed by atoms with van der Waals surface area (Å²) in [6.45, 7) is 1.72. The van der Waals surface area contributed by atoms with Crippen molar-refractivity contribution in [2.24, 2.45) is 0 Å². The van der Waals surface area contributed by atoms with Gasteiger partial charge in [0.25, 0.3) is 11.8 Å². The molecule has 0 aliphatic carbocycles. The van der Waals surface area contributed by atoms with Crippen LogP contribution in [0.1, 0.15) is 19.8 Å². The van der Waals surface area contributed by atoms with E-state index >= 15 is 0 Å². The van der Waals surface area contributed by atoms with Crippen LogP contribution in [0.15, 0.2) is 12.2 Å². The summed E-state index contributed by atoms with van der Waals surface area (Å²) in [7, 11) is 0. The third-order valence-electron chi connectivity index (χ3n) is 2.89. The molecule has 6 heteroatoms. The van der Waals surface area contributed by atoms with Gasteiger partial charge in [-0.15, -0.1) is 0 Å². The fourth-order valence-electron chi connectivity index (χ4n) is 2.02. The third-order valence-corrected chi connectivity index (χ3v) is 2.89. The highest BCUT2D eigenvalue weighted by Gasteiger charge is 2.34. The molecule has 0 aromatic heterocycles. The molecule has 1 unspecified atom stereocenters. The zero-order valence-electron chi connectivity index (χ0n) is 9.38. The number of hydrogen-bond acceptors (Lipinski definition) is 4. The molecule has 2 heterocycles. The number of imide groups is 2. The van der Waals surface area contributed by atoms with Gasteiger partial charge in [-0.3, -0.25) is 29.0 Å². The Labute approximate surface area is 97.9 Å². The van der Waals surface area contributed by atoms with Crippen molar-refractivity contribution in [1.82, 2.24) is 9.80 Å². The molecular weight excluding hydrogens is 224 g/mol. The number of rotatable bonds is 3. The second-order valence-corrected chi connectivity index (χ2v) is 4.13. The number of hydrogen-bond donors (Lipinski definition) is 0. The van der Waals surface area contributed by atoms with Gasteiger partial charge in [-0.1, -0.05) is 0 Å². The van der Waals surface area contributed by atoms with Crippen molar-refractivity contribution in [2.45, 2.75) is 25.8 Å². The lowest BCUT2D eigenvalue weighted by Crippen LogP contribution is -2.46. The monoisotopic (exact) mass is 236 g/mol. The lowest BCUT2D eigenvalue weighted by molar-refractivity contribution is -0.145. The third kappa shape index (κ3) is 1.98. The zero-order valence-corrected chi connectivity index (χ0v) is 9.38. The van der Waals surface area contributed by atoms with E-state index in [1.54, 1.807) is 6.92 Å². The molecule has 1 atom stereocenters. The highest BCUT2D eigenvalue weighted by molar-refractivity contribution is 6.13. The maximum atomic E-state index is 11.4. The average Bonchev–Trinajstić information content (AvgIpc) is 2.75. The van der Waals surface area contributed by atoms with E-state index in [1.807, 2.05) is 0 Å². The summed E-state index contributed by atoms with van der Waals surface area (Å²) in [4.78, 5) is 47.8. The van der Waals surface area contributed by atoms with Gasteiger partial charge in [0.15, 0.2) is 0 Å². The standard InChI is InChI=1S/C11H12N2O4/c1-7(13-10(16)4-5-11(13)17)6-12-8(14)2-3-9(12)15/h4-5,7H,2-3,6H2,1H3. The highest BCUT2D eigenvalue weighted by atomic mass is 16.2. The van der Waals surface area contributed by atoms with E-state index in [1.165, 1.54) is 12.2 Å². The van der Waals surface area contributed by atoms with Crippen LogP contribution < -0.4 is 0 Å². The lowest BCUT2D eigenvalue weighted by Gasteiger charge is -2.26. The maximum absolute atomic E-state index is 11.4. The number of carbonyl (C=O) groups is 4. The van der Waals surface area contributed by atoms with Gasteiger partial charge in [0.2, 0.25) is 11.8 Å². The molecular formula is C11H12N2O4. The van der Waals surface area contributed by atoms with Gasteiger partial charge >= 0.3 is 0 Å². The SMILES string of the molecule is CC(CN1C(=O)CCC1=O)N1C(=O)C=CC1=O. The summed E-state index contributed by atoms with van der Waals surface area (Å²) in [5.74, 6) is -1.29. The van der Waals surface area contributed by atoms with Crippen LogP contribution in [-0.2, 0) is 19.2 Å². The molecule has 2 aliphatic heterocycles. The van der Waals surface area contributed by atoms with Crippen LogP contribution in [0.5, 0.6) is 0 Å². The largest absolute Gasteiger partial charge is 0.281 e. The van der Waals surface area contributed by atoms with Gasteiger partial charge in [-0.25, -0.2) is 0 Å². The Balaban J connectivity index is 2.04. The minimum atomic E-state index is -0.490. The van der Waals surface area contributed by atoms with Gasteiger partial charge in [0.1, 0.15) is 0 Å². The topological polar surface area (TPSA) is 74.8 Å². The van der Waals surface area contributed by atoms with Gasteiger partial charge < -0.3 is 0 Å². The molecule has 0 radical (unpaired) electrons. The van der Waals surface area contributed by atoms with E-state index in [4.69, 9.17) is 0 Å². The van der Waals surface area contributed by atoms with E-state index in [2.05, 4.69) is 0 Å². The van der Waals surface area contributed by atoms with Crippen LogP contribution in [0.2, 0.25) is 0 Å². The van der Waals surface area contributed by atoms with Crippen molar-refractivity contribution < 1.29 is 19.2 Å². The van der Waals surface area contributed by atoms with Crippen molar-refractivity contribution in [3.05, 3.63) is 12.2 Å². The Kier molecular flexibility index (Phi) is 2.79. The minimum Gasteiger partial charge on any atom is -0.281 e. The maximum Gasteiger partial charge on any atom is 0.253 e. The fourth-order valence-corrected chi connectivity index (χ4v) is 2.02. The first-order chi connectivity index (χ1) is 8.00. The molecule has 1 fully saturated rings.